The second-order valence-corrected chi connectivity index (χ2v) is 3.79. The first-order valence-electron chi connectivity index (χ1n) is 6.20. The van der Waals surface area contributed by atoms with E-state index in [2.05, 4.69) is 5.32 Å². The molecule has 4 nitrogen and oxygen atoms in total. The fourth-order valence-electron chi connectivity index (χ4n) is 1.27. The van der Waals surface area contributed by atoms with E-state index >= 15 is 0 Å². The zero-order chi connectivity index (χ0) is 12.1. The molecule has 0 heterocycles. The van der Waals surface area contributed by atoms with E-state index in [0.717, 1.165) is 45.8 Å². The first-order chi connectivity index (χ1) is 7.81. The summed E-state index contributed by atoms with van der Waals surface area (Å²) in [6.07, 6.45) is 2.45. The molecule has 1 atom stereocenters. The molecule has 1 unspecified atom stereocenters. The standard InChI is InChI=1S/C12H27NO3/c1-4-15-11-12(2)16-9-6-5-7-13-8-10-14-3/h12-13H,4-11H2,1-3H3. The van der Waals surface area contributed by atoms with E-state index in [9.17, 15) is 0 Å². The summed E-state index contributed by atoms with van der Waals surface area (Å²) in [6, 6.07) is 0. The fourth-order valence-corrected chi connectivity index (χ4v) is 1.27. The van der Waals surface area contributed by atoms with Crippen molar-refractivity contribution in [1.29, 1.82) is 0 Å². The third kappa shape index (κ3) is 11.9. The molecule has 0 aliphatic heterocycles. The predicted octanol–water partition coefficient (Wildman–Crippen LogP) is 1.44. The van der Waals surface area contributed by atoms with Crippen molar-refractivity contribution < 1.29 is 14.2 Å². The summed E-state index contributed by atoms with van der Waals surface area (Å²) < 4.78 is 15.8. The van der Waals surface area contributed by atoms with Crippen LogP contribution in [0, 0.1) is 0 Å². The lowest BCUT2D eigenvalue weighted by Crippen LogP contribution is -2.21. The summed E-state index contributed by atoms with van der Waals surface area (Å²) in [4.78, 5) is 0. The topological polar surface area (TPSA) is 39.7 Å². The highest BCUT2D eigenvalue weighted by atomic mass is 16.5. The van der Waals surface area contributed by atoms with Gasteiger partial charge in [-0.1, -0.05) is 0 Å². The summed E-state index contributed by atoms with van der Waals surface area (Å²) in [6.45, 7) is 9.07. The minimum Gasteiger partial charge on any atom is -0.383 e. The van der Waals surface area contributed by atoms with Crippen LogP contribution in [0.3, 0.4) is 0 Å². The molecule has 0 spiro atoms. The molecule has 0 aromatic heterocycles. The summed E-state index contributed by atoms with van der Waals surface area (Å²) in [5.41, 5.74) is 0. The van der Waals surface area contributed by atoms with Crippen molar-refractivity contribution in [3.05, 3.63) is 0 Å². The lowest BCUT2D eigenvalue weighted by Gasteiger charge is -2.12. The first kappa shape index (κ1) is 15.8. The Kier molecular flexibility index (Phi) is 12.8. The summed E-state index contributed by atoms with van der Waals surface area (Å²) in [5, 5.41) is 3.30. The van der Waals surface area contributed by atoms with E-state index in [1.165, 1.54) is 0 Å². The minimum atomic E-state index is 0.210. The van der Waals surface area contributed by atoms with E-state index in [-0.39, 0.29) is 6.10 Å². The lowest BCUT2D eigenvalue weighted by molar-refractivity contribution is -0.00443. The van der Waals surface area contributed by atoms with Crippen molar-refractivity contribution in [3.63, 3.8) is 0 Å². The van der Waals surface area contributed by atoms with E-state index in [1.807, 2.05) is 13.8 Å². The van der Waals surface area contributed by atoms with E-state index in [1.54, 1.807) is 7.11 Å². The second kappa shape index (κ2) is 12.9. The zero-order valence-corrected chi connectivity index (χ0v) is 11.0. The Labute approximate surface area is 99.6 Å². The van der Waals surface area contributed by atoms with Gasteiger partial charge < -0.3 is 19.5 Å². The Hall–Kier alpha value is -0.160. The smallest absolute Gasteiger partial charge is 0.0780 e. The lowest BCUT2D eigenvalue weighted by atomic mass is 10.3. The molecule has 4 heteroatoms. The number of nitrogens with one attached hydrogen (secondary N) is 1. The largest absolute Gasteiger partial charge is 0.383 e. The number of hydrogen-bond acceptors (Lipinski definition) is 4. The molecule has 0 radical (unpaired) electrons. The molecule has 0 saturated heterocycles. The summed E-state index contributed by atoms with van der Waals surface area (Å²) in [5.74, 6) is 0. The van der Waals surface area contributed by atoms with Crippen molar-refractivity contribution in [3.8, 4) is 0 Å². The molecule has 16 heavy (non-hydrogen) atoms. The van der Waals surface area contributed by atoms with Crippen molar-refractivity contribution in [2.75, 3.05) is 46.6 Å². The van der Waals surface area contributed by atoms with Crippen molar-refractivity contribution in [2.24, 2.45) is 0 Å². The molecule has 0 rings (SSSR count). The maximum atomic E-state index is 5.59. The van der Waals surface area contributed by atoms with Crippen molar-refractivity contribution >= 4 is 0 Å². The molecule has 0 amide bonds. The quantitative estimate of drug-likeness (QED) is 0.518. The second-order valence-electron chi connectivity index (χ2n) is 3.79. The number of hydrogen-bond donors (Lipinski definition) is 1. The summed E-state index contributed by atoms with van der Waals surface area (Å²) >= 11 is 0. The van der Waals surface area contributed by atoms with Crippen LogP contribution in [-0.2, 0) is 14.2 Å². The molecule has 0 bridgehead atoms. The monoisotopic (exact) mass is 233 g/mol. The van der Waals surface area contributed by atoms with Crippen LogP contribution in [-0.4, -0.2) is 52.7 Å². The molecule has 0 aliphatic carbocycles. The van der Waals surface area contributed by atoms with Crippen LogP contribution >= 0.6 is 0 Å². The third-order valence-corrected chi connectivity index (χ3v) is 2.19. The molecule has 0 aliphatic rings. The van der Waals surface area contributed by atoms with Gasteiger partial charge in [-0.2, -0.15) is 0 Å². The van der Waals surface area contributed by atoms with Gasteiger partial charge in [-0.25, -0.2) is 0 Å². The van der Waals surface area contributed by atoms with Gasteiger partial charge in [0.1, 0.15) is 0 Å². The Morgan fingerprint density at radius 1 is 1.12 bits per heavy atom. The van der Waals surface area contributed by atoms with Crippen LogP contribution in [0.2, 0.25) is 0 Å². The van der Waals surface area contributed by atoms with Gasteiger partial charge in [0, 0.05) is 26.9 Å². The van der Waals surface area contributed by atoms with E-state index in [4.69, 9.17) is 14.2 Å². The normalized spacial score (nSPS) is 12.9. The molecule has 0 saturated carbocycles. The van der Waals surface area contributed by atoms with Crippen LogP contribution in [0.1, 0.15) is 26.7 Å². The van der Waals surface area contributed by atoms with Crippen LogP contribution in [0.15, 0.2) is 0 Å². The summed E-state index contributed by atoms with van der Waals surface area (Å²) in [7, 11) is 1.72. The highest BCUT2D eigenvalue weighted by molar-refractivity contribution is 4.50. The average Bonchev–Trinajstić information content (AvgIpc) is 2.30. The molecule has 0 aromatic rings. The van der Waals surface area contributed by atoms with Gasteiger partial charge in [0.15, 0.2) is 0 Å². The maximum Gasteiger partial charge on any atom is 0.0780 e. The average molecular weight is 233 g/mol. The Bertz CT molecular complexity index is 133. The highest BCUT2D eigenvalue weighted by Crippen LogP contribution is 1.95. The van der Waals surface area contributed by atoms with Gasteiger partial charge in [0.2, 0.25) is 0 Å². The van der Waals surface area contributed by atoms with Crippen LogP contribution in [0.5, 0.6) is 0 Å². The molecule has 0 fully saturated rings. The van der Waals surface area contributed by atoms with Crippen LogP contribution < -0.4 is 5.32 Å². The Balaban J connectivity index is 3.02. The Morgan fingerprint density at radius 2 is 1.94 bits per heavy atom. The molecular formula is C12H27NO3. The fraction of sp³-hybridized carbons (Fsp3) is 1.00. The molecule has 98 valence electrons. The van der Waals surface area contributed by atoms with Crippen LogP contribution in [0.25, 0.3) is 0 Å². The number of ether oxygens (including phenoxy) is 3. The Morgan fingerprint density at radius 3 is 2.62 bits per heavy atom. The van der Waals surface area contributed by atoms with Gasteiger partial charge in [-0.05, 0) is 33.2 Å². The minimum absolute atomic E-state index is 0.210. The maximum absolute atomic E-state index is 5.59. The first-order valence-corrected chi connectivity index (χ1v) is 6.20. The van der Waals surface area contributed by atoms with E-state index < -0.39 is 0 Å². The number of methoxy groups -OCH3 is 1. The van der Waals surface area contributed by atoms with Gasteiger partial charge >= 0.3 is 0 Å². The van der Waals surface area contributed by atoms with Gasteiger partial charge in [0.05, 0.1) is 19.3 Å². The SMILES string of the molecule is CCOCC(C)OCCCCNCCOC. The zero-order valence-electron chi connectivity index (χ0n) is 11.0. The van der Waals surface area contributed by atoms with E-state index in [0.29, 0.717) is 6.61 Å². The number of rotatable bonds is 12. The van der Waals surface area contributed by atoms with Gasteiger partial charge in [-0.15, -0.1) is 0 Å². The highest BCUT2D eigenvalue weighted by Gasteiger charge is 2.00. The van der Waals surface area contributed by atoms with Gasteiger partial charge in [-0.3, -0.25) is 0 Å². The molecule has 1 N–H and O–H groups in total. The van der Waals surface area contributed by atoms with Gasteiger partial charge in [0.25, 0.3) is 0 Å². The predicted molar refractivity (Wildman–Crippen MR) is 65.9 cm³/mol. The third-order valence-electron chi connectivity index (χ3n) is 2.19. The van der Waals surface area contributed by atoms with Crippen LogP contribution in [0.4, 0.5) is 0 Å². The van der Waals surface area contributed by atoms with Crippen molar-refractivity contribution in [1.82, 2.24) is 5.32 Å². The van der Waals surface area contributed by atoms with Crippen molar-refractivity contribution in [2.45, 2.75) is 32.8 Å². The molecule has 0 aromatic carbocycles. The number of unbranched alkanes of at least 4 members (excludes halogenated alkanes) is 1. The molecular weight excluding hydrogens is 206 g/mol.